The van der Waals surface area contributed by atoms with E-state index in [0.717, 1.165) is 12.8 Å². The van der Waals surface area contributed by atoms with Crippen molar-refractivity contribution in [3.8, 4) is 0 Å². The fraction of sp³-hybridized carbons (Fsp3) is 0.286. The van der Waals surface area contributed by atoms with E-state index in [9.17, 15) is 0 Å². The van der Waals surface area contributed by atoms with Gasteiger partial charge in [0.2, 0.25) is 0 Å². The Morgan fingerprint density at radius 3 is 2.71 bits per heavy atom. The van der Waals surface area contributed by atoms with Gasteiger partial charge in [-0.2, -0.15) is 0 Å². The Labute approximate surface area is 85.6 Å². The SMILES string of the molecule is CCc1c[c]c2cccc(CC)c2c1. The van der Waals surface area contributed by atoms with Gasteiger partial charge in [-0.25, -0.2) is 0 Å². The zero-order chi connectivity index (χ0) is 9.97. The predicted molar refractivity (Wildman–Crippen MR) is 61.5 cm³/mol. The van der Waals surface area contributed by atoms with Crippen LogP contribution in [0.4, 0.5) is 0 Å². The average Bonchev–Trinajstić information content (AvgIpc) is 2.27. The summed E-state index contributed by atoms with van der Waals surface area (Å²) < 4.78 is 0. The van der Waals surface area contributed by atoms with Crippen LogP contribution in [0.15, 0.2) is 30.3 Å². The molecule has 1 radical (unpaired) electrons. The van der Waals surface area contributed by atoms with Gasteiger partial charge in [-0.15, -0.1) is 0 Å². The number of benzene rings is 2. The average molecular weight is 183 g/mol. The van der Waals surface area contributed by atoms with Gasteiger partial charge < -0.3 is 0 Å². The van der Waals surface area contributed by atoms with E-state index >= 15 is 0 Å². The first kappa shape index (κ1) is 9.26. The molecule has 0 saturated heterocycles. The smallest absolute Gasteiger partial charge is 0.00962 e. The Kier molecular flexibility index (Phi) is 2.53. The first-order chi connectivity index (χ1) is 6.85. The molecule has 0 heterocycles. The zero-order valence-corrected chi connectivity index (χ0v) is 8.80. The van der Waals surface area contributed by atoms with Crippen LogP contribution in [-0.4, -0.2) is 0 Å². The number of fused-ring (bicyclic) bond motifs is 1. The molecule has 0 nitrogen and oxygen atoms in total. The zero-order valence-electron chi connectivity index (χ0n) is 8.80. The molecule has 2 aromatic carbocycles. The molecule has 0 N–H and O–H groups in total. The molecule has 0 aliphatic carbocycles. The highest BCUT2D eigenvalue weighted by atomic mass is 14.0. The van der Waals surface area contributed by atoms with Crippen LogP contribution in [0.5, 0.6) is 0 Å². The Morgan fingerprint density at radius 1 is 1.14 bits per heavy atom. The Morgan fingerprint density at radius 2 is 2.00 bits per heavy atom. The molecule has 2 rings (SSSR count). The third kappa shape index (κ3) is 1.52. The van der Waals surface area contributed by atoms with E-state index in [1.165, 1.54) is 21.9 Å². The molecule has 0 spiro atoms. The highest BCUT2D eigenvalue weighted by Crippen LogP contribution is 2.20. The predicted octanol–water partition coefficient (Wildman–Crippen LogP) is 3.76. The fourth-order valence-corrected chi connectivity index (χ4v) is 1.82. The molecule has 0 saturated carbocycles. The molecule has 2 aromatic rings. The van der Waals surface area contributed by atoms with E-state index in [4.69, 9.17) is 0 Å². The van der Waals surface area contributed by atoms with Crippen LogP contribution in [0, 0.1) is 6.07 Å². The van der Waals surface area contributed by atoms with E-state index in [0.29, 0.717) is 0 Å². The summed E-state index contributed by atoms with van der Waals surface area (Å²) in [4.78, 5) is 0. The molecule has 0 unspecified atom stereocenters. The summed E-state index contributed by atoms with van der Waals surface area (Å²) in [6, 6.07) is 14.2. The van der Waals surface area contributed by atoms with Crippen molar-refractivity contribution in [1.82, 2.24) is 0 Å². The summed E-state index contributed by atoms with van der Waals surface area (Å²) in [7, 11) is 0. The lowest BCUT2D eigenvalue weighted by molar-refractivity contribution is 1.13. The molecule has 71 valence electrons. The Balaban J connectivity index is 2.70. The van der Waals surface area contributed by atoms with Gasteiger partial charge in [-0.3, -0.25) is 0 Å². The van der Waals surface area contributed by atoms with E-state index in [-0.39, 0.29) is 0 Å². The largest absolute Gasteiger partial charge is 0.0613 e. The lowest BCUT2D eigenvalue weighted by atomic mass is 10.00. The molecule has 0 aliphatic heterocycles. The van der Waals surface area contributed by atoms with Gasteiger partial charge in [0.25, 0.3) is 0 Å². The van der Waals surface area contributed by atoms with E-state index in [2.05, 4.69) is 50.2 Å². The highest BCUT2D eigenvalue weighted by molar-refractivity contribution is 5.85. The number of hydrogen-bond acceptors (Lipinski definition) is 0. The van der Waals surface area contributed by atoms with E-state index in [1.54, 1.807) is 0 Å². The summed E-state index contributed by atoms with van der Waals surface area (Å²) in [5.41, 5.74) is 2.80. The monoisotopic (exact) mass is 183 g/mol. The molecule has 0 aromatic heterocycles. The summed E-state index contributed by atoms with van der Waals surface area (Å²) in [6.07, 6.45) is 2.18. The van der Waals surface area contributed by atoms with Crippen molar-refractivity contribution >= 4 is 10.8 Å². The van der Waals surface area contributed by atoms with Crippen molar-refractivity contribution in [3.63, 3.8) is 0 Å². The van der Waals surface area contributed by atoms with Gasteiger partial charge in [0.15, 0.2) is 0 Å². The molecule has 14 heavy (non-hydrogen) atoms. The summed E-state index contributed by atoms with van der Waals surface area (Å²) in [5, 5.41) is 2.61. The van der Waals surface area contributed by atoms with Crippen LogP contribution in [0.2, 0.25) is 0 Å². The maximum absolute atomic E-state index is 3.35. The third-order valence-electron chi connectivity index (χ3n) is 2.73. The molecule has 0 heteroatoms. The van der Waals surface area contributed by atoms with Crippen molar-refractivity contribution in [2.24, 2.45) is 0 Å². The molecule has 0 fully saturated rings. The maximum Gasteiger partial charge on any atom is -0.00962 e. The minimum absolute atomic E-state index is 1.09. The topological polar surface area (TPSA) is 0 Å². The molecule has 0 amide bonds. The first-order valence-electron chi connectivity index (χ1n) is 5.27. The van der Waals surface area contributed by atoms with Crippen molar-refractivity contribution in [1.29, 1.82) is 0 Å². The van der Waals surface area contributed by atoms with Gasteiger partial charge in [-0.05, 0) is 40.8 Å². The third-order valence-corrected chi connectivity index (χ3v) is 2.73. The van der Waals surface area contributed by atoms with Gasteiger partial charge >= 0.3 is 0 Å². The van der Waals surface area contributed by atoms with Gasteiger partial charge in [0, 0.05) is 0 Å². The highest BCUT2D eigenvalue weighted by Gasteiger charge is 1.99. The van der Waals surface area contributed by atoms with Crippen molar-refractivity contribution < 1.29 is 0 Å². The normalized spacial score (nSPS) is 10.7. The van der Waals surface area contributed by atoms with Crippen molar-refractivity contribution in [2.45, 2.75) is 26.7 Å². The maximum atomic E-state index is 3.35. The van der Waals surface area contributed by atoms with Gasteiger partial charge in [0.05, 0.1) is 0 Å². The standard InChI is InChI=1S/C14H15/c1-3-11-8-9-13-7-5-6-12(4-2)14(13)10-11/h5-8,10H,3-4H2,1-2H3. The van der Waals surface area contributed by atoms with Gasteiger partial charge in [-0.1, -0.05) is 44.2 Å². The first-order valence-corrected chi connectivity index (χ1v) is 5.27. The van der Waals surface area contributed by atoms with Crippen molar-refractivity contribution in [2.75, 3.05) is 0 Å². The molecule has 0 bridgehead atoms. The molecule has 0 atom stereocenters. The minimum atomic E-state index is 1.09. The van der Waals surface area contributed by atoms with Crippen LogP contribution in [0.3, 0.4) is 0 Å². The van der Waals surface area contributed by atoms with E-state index in [1.807, 2.05) is 0 Å². The van der Waals surface area contributed by atoms with Crippen molar-refractivity contribution in [3.05, 3.63) is 47.5 Å². The molecular formula is C14H15. The summed E-state index contributed by atoms with van der Waals surface area (Å²) >= 11 is 0. The Hall–Kier alpha value is -1.30. The fourth-order valence-electron chi connectivity index (χ4n) is 1.82. The minimum Gasteiger partial charge on any atom is -0.0613 e. The summed E-state index contributed by atoms with van der Waals surface area (Å²) in [6.45, 7) is 4.39. The van der Waals surface area contributed by atoms with Crippen LogP contribution < -0.4 is 0 Å². The molecular weight excluding hydrogens is 168 g/mol. The van der Waals surface area contributed by atoms with E-state index < -0.39 is 0 Å². The quantitative estimate of drug-likeness (QED) is 0.665. The second kappa shape index (κ2) is 3.83. The second-order valence-electron chi connectivity index (χ2n) is 3.59. The second-order valence-corrected chi connectivity index (χ2v) is 3.59. The lowest BCUT2D eigenvalue weighted by Crippen LogP contribution is -1.86. The van der Waals surface area contributed by atoms with Crippen LogP contribution in [-0.2, 0) is 12.8 Å². The number of aryl methyl sites for hydroxylation is 2. The summed E-state index contributed by atoms with van der Waals surface area (Å²) in [5.74, 6) is 0. The van der Waals surface area contributed by atoms with Crippen LogP contribution >= 0.6 is 0 Å². The lowest BCUT2D eigenvalue weighted by Gasteiger charge is -2.05. The van der Waals surface area contributed by atoms with Crippen LogP contribution in [0.1, 0.15) is 25.0 Å². The Bertz CT molecular complexity index is 441. The number of hydrogen-bond donors (Lipinski definition) is 0. The molecule has 0 aliphatic rings. The van der Waals surface area contributed by atoms with Crippen LogP contribution in [0.25, 0.3) is 10.8 Å². The van der Waals surface area contributed by atoms with Gasteiger partial charge in [0.1, 0.15) is 0 Å². The number of rotatable bonds is 2.